The van der Waals surface area contributed by atoms with Crippen LogP contribution in [0.25, 0.3) is 0 Å². The molecule has 3 N–H and O–H groups in total. The number of nitrogens with zero attached hydrogens (tertiary/aromatic N) is 2. The summed E-state index contributed by atoms with van der Waals surface area (Å²) in [5.41, 5.74) is -0.273. The van der Waals surface area contributed by atoms with Crippen molar-refractivity contribution < 1.29 is 18.3 Å². The van der Waals surface area contributed by atoms with Gasteiger partial charge in [0.2, 0.25) is 0 Å². The molecule has 1 aromatic carbocycles. The van der Waals surface area contributed by atoms with E-state index in [4.69, 9.17) is 10.4 Å². The lowest BCUT2D eigenvalue weighted by Crippen LogP contribution is -2.14. The summed E-state index contributed by atoms with van der Waals surface area (Å²) in [7, 11) is -4.02. The summed E-state index contributed by atoms with van der Waals surface area (Å²) in [4.78, 5) is 10.5. The Morgan fingerprint density at radius 2 is 2.10 bits per heavy atom. The first-order chi connectivity index (χ1) is 9.44. The molecule has 0 fully saturated rings. The second-order valence-electron chi connectivity index (χ2n) is 3.69. The van der Waals surface area contributed by atoms with Crippen LogP contribution in [0.2, 0.25) is 0 Å². The van der Waals surface area contributed by atoms with E-state index in [0.717, 1.165) is 6.07 Å². The minimum atomic E-state index is -4.02. The minimum Gasteiger partial charge on any atom is -0.477 e. The summed E-state index contributed by atoms with van der Waals surface area (Å²) in [6, 6.07) is 8.45. The monoisotopic (exact) mass is 292 g/mol. The highest BCUT2D eigenvalue weighted by molar-refractivity contribution is 7.92. The zero-order chi connectivity index (χ0) is 14.8. The van der Waals surface area contributed by atoms with Gasteiger partial charge in [0, 0.05) is 6.07 Å². The number of aromatic carboxylic acids is 1. The fourth-order valence-corrected chi connectivity index (χ4v) is 2.62. The van der Waals surface area contributed by atoms with E-state index < -0.39 is 16.0 Å². The summed E-state index contributed by atoms with van der Waals surface area (Å²) in [5.74, 6) is -1.43. The summed E-state index contributed by atoms with van der Waals surface area (Å²) < 4.78 is 26.3. The first kappa shape index (κ1) is 13.6. The van der Waals surface area contributed by atoms with Crippen molar-refractivity contribution in [2.24, 2.45) is 0 Å². The topological polar surface area (TPSA) is 136 Å². The number of hydrogen-bond acceptors (Lipinski definition) is 5. The van der Waals surface area contributed by atoms with Gasteiger partial charge in [-0.1, -0.05) is 12.1 Å². The van der Waals surface area contributed by atoms with Gasteiger partial charge >= 0.3 is 5.97 Å². The molecular weight excluding hydrogens is 284 g/mol. The lowest BCUT2D eigenvalue weighted by molar-refractivity contribution is 0.0690. The Hall–Kier alpha value is -2.86. The minimum absolute atomic E-state index is 0.0195. The Bertz CT molecular complexity index is 804. The standard InChI is InChI=1S/C11H8N4O4S/c12-6-7-3-1-2-4-9(7)20(18,19)15-10-5-8(11(16)17)13-14-10/h1-5H,(H,16,17)(H2,13,14,15). The van der Waals surface area contributed by atoms with Gasteiger partial charge in [0.25, 0.3) is 10.0 Å². The highest BCUT2D eigenvalue weighted by Gasteiger charge is 2.20. The zero-order valence-electron chi connectivity index (χ0n) is 9.86. The van der Waals surface area contributed by atoms with Gasteiger partial charge in [-0.15, -0.1) is 0 Å². The Morgan fingerprint density at radius 3 is 2.70 bits per heavy atom. The van der Waals surface area contributed by atoms with Crippen LogP contribution in [-0.2, 0) is 10.0 Å². The van der Waals surface area contributed by atoms with Crippen molar-refractivity contribution in [2.75, 3.05) is 4.72 Å². The summed E-state index contributed by atoms with van der Waals surface area (Å²) >= 11 is 0. The third-order valence-electron chi connectivity index (χ3n) is 2.34. The number of H-pyrrole nitrogens is 1. The lowest BCUT2D eigenvalue weighted by Gasteiger charge is -2.06. The molecule has 20 heavy (non-hydrogen) atoms. The lowest BCUT2D eigenvalue weighted by atomic mass is 10.2. The molecule has 0 atom stereocenters. The van der Waals surface area contributed by atoms with Gasteiger partial charge in [-0.3, -0.25) is 9.82 Å². The average Bonchev–Trinajstić information content (AvgIpc) is 2.86. The number of benzene rings is 1. The van der Waals surface area contributed by atoms with Crippen molar-refractivity contribution in [3.8, 4) is 6.07 Å². The number of anilines is 1. The van der Waals surface area contributed by atoms with E-state index in [-0.39, 0.29) is 22.0 Å². The third kappa shape index (κ3) is 2.60. The molecule has 0 bridgehead atoms. The molecule has 0 spiro atoms. The van der Waals surface area contributed by atoms with Crippen LogP contribution >= 0.6 is 0 Å². The molecule has 0 unspecified atom stereocenters. The number of carboxylic acids is 1. The molecule has 102 valence electrons. The van der Waals surface area contributed by atoms with Crippen LogP contribution in [0, 0.1) is 11.3 Å². The molecule has 8 nitrogen and oxygen atoms in total. The first-order valence-electron chi connectivity index (χ1n) is 5.24. The van der Waals surface area contributed by atoms with E-state index in [1.54, 1.807) is 6.07 Å². The van der Waals surface area contributed by atoms with Gasteiger partial charge in [-0.25, -0.2) is 13.2 Å². The van der Waals surface area contributed by atoms with Crippen molar-refractivity contribution in [3.63, 3.8) is 0 Å². The molecule has 0 saturated heterocycles. The van der Waals surface area contributed by atoms with Crippen LogP contribution in [0.1, 0.15) is 16.1 Å². The molecule has 9 heteroatoms. The second kappa shape index (κ2) is 5.02. The molecule has 0 aliphatic heterocycles. The van der Waals surface area contributed by atoms with Gasteiger partial charge in [-0.2, -0.15) is 10.4 Å². The average molecular weight is 292 g/mol. The third-order valence-corrected chi connectivity index (χ3v) is 3.76. The van der Waals surface area contributed by atoms with Crippen LogP contribution in [-0.4, -0.2) is 29.7 Å². The highest BCUT2D eigenvalue weighted by Crippen LogP contribution is 2.18. The molecular formula is C11H8N4O4S. The van der Waals surface area contributed by atoms with Crippen LogP contribution in [0.5, 0.6) is 0 Å². The summed E-state index contributed by atoms with van der Waals surface area (Å²) in [5, 5.41) is 23.3. The normalized spacial score (nSPS) is 10.8. The Morgan fingerprint density at radius 1 is 1.40 bits per heavy atom. The van der Waals surface area contributed by atoms with Gasteiger partial charge in [0.15, 0.2) is 5.82 Å². The molecule has 0 aliphatic rings. The Labute approximate surface area is 113 Å². The van der Waals surface area contributed by atoms with Crippen LogP contribution in [0.3, 0.4) is 0 Å². The highest BCUT2D eigenvalue weighted by atomic mass is 32.2. The molecule has 0 radical (unpaired) electrons. The fourth-order valence-electron chi connectivity index (χ4n) is 1.47. The van der Waals surface area contributed by atoms with E-state index in [0.29, 0.717) is 0 Å². The van der Waals surface area contributed by atoms with Crippen molar-refractivity contribution in [3.05, 3.63) is 41.6 Å². The van der Waals surface area contributed by atoms with Crippen LogP contribution in [0.4, 0.5) is 5.82 Å². The van der Waals surface area contributed by atoms with Crippen LogP contribution in [0.15, 0.2) is 35.2 Å². The van der Waals surface area contributed by atoms with Crippen molar-refractivity contribution in [1.29, 1.82) is 5.26 Å². The van der Waals surface area contributed by atoms with Gasteiger partial charge in [0.1, 0.15) is 16.7 Å². The molecule has 2 rings (SSSR count). The summed E-state index contributed by atoms with van der Waals surface area (Å²) in [6.45, 7) is 0. The van der Waals surface area contributed by atoms with E-state index >= 15 is 0 Å². The number of carboxylic acid groups (broad SMARTS) is 1. The van der Waals surface area contributed by atoms with Crippen molar-refractivity contribution >= 4 is 21.8 Å². The number of aromatic nitrogens is 2. The van der Waals surface area contributed by atoms with Gasteiger partial charge in [0.05, 0.1) is 5.56 Å². The molecule has 2 aromatic rings. The van der Waals surface area contributed by atoms with E-state index in [1.165, 1.54) is 24.3 Å². The summed E-state index contributed by atoms with van der Waals surface area (Å²) in [6.07, 6.45) is 0. The van der Waals surface area contributed by atoms with Gasteiger partial charge < -0.3 is 5.11 Å². The van der Waals surface area contributed by atoms with Crippen LogP contribution < -0.4 is 4.72 Å². The van der Waals surface area contributed by atoms with E-state index in [2.05, 4.69) is 14.9 Å². The van der Waals surface area contributed by atoms with E-state index in [9.17, 15) is 13.2 Å². The maximum atomic E-state index is 12.1. The first-order valence-corrected chi connectivity index (χ1v) is 6.73. The van der Waals surface area contributed by atoms with Gasteiger partial charge in [-0.05, 0) is 12.1 Å². The maximum absolute atomic E-state index is 12.1. The van der Waals surface area contributed by atoms with Crippen molar-refractivity contribution in [2.45, 2.75) is 4.90 Å². The number of sulfonamides is 1. The number of nitriles is 1. The Kier molecular flexibility index (Phi) is 3.41. The number of nitrogens with one attached hydrogen (secondary N) is 2. The molecule has 1 heterocycles. The second-order valence-corrected chi connectivity index (χ2v) is 5.34. The number of carbonyl (C=O) groups is 1. The molecule has 0 aliphatic carbocycles. The number of hydrogen-bond donors (Lipinski definition) is 3. The molecule has 0 saturated carbocycles. The number of rotatable bonds is 4. The molecule has 0 amide bonds. The quantitative estimate of drug-likeness (QED) is 0.761. The fraction of sp³-hybridized carbons (Fsp3) is 0. The maximum Gasteiger partial charge on any atom is 0.353 e. The Balaban J connectivity index is 2.36. The SMILES string of the molecule is N#Cc1ccccc1S(=O)(=O)Nc1cc(C(=O)O)[nH]n1. The molecule has 1 aromatic heterocycles. The number of aromatic amines is 1. The van der Waals surface area contributed by atoms with E-state index in [1.807, 2.05) is 0 Å². The van der Waals surface area contributed by atoms with Crippen molar-refractivity contribution in [1.82, 2.24) is 10.2 Å². The zero-order valence-corrected chi connectivity index (χ0v) is 10.7. The predicted molar refractivity (Wildman–Crippen MR) is 67.5 cm³/mol. The smallest absolute Gasteiger partial charge is 0.353 e. The largest absolute Gasteiger partial charge is 0.477 e. The predicted octanol–water partition coefficient (Wildman–Crippen LogP) is 0.780.